The Morgan fingerprint density at radius 2 is 2.03 bits per heavy atom. The highest BCUT2D eigenvalue weighted by molar-refractivity contribution is 8.14. The van der Waals surface area contributed by atoms with Crippen LogP contribution in [-0.4, -0.2) is 48.2 Å². The predicted molar refractivity (Wildman–Crippen MR) is 133 cm³/mol. The number of ether oxygens (including phenoxy) is 1. The van der Waals surface area contributed by atoms with Crippen LogP contribution in [0.3, 0.4) is 0 Å². The van der Waals surface area contributed by atoms with Gasteiger partial charge < -0.3 is 15.4 Å². The number of urea groups is 1. The van der Waals surface area contributed by atoms with Gasteiger partial charge in [-0.25, -0.2) is 4.79 Å². The van der Waals surface area contributed by atoms with Crippen molar-refractivity contribution in [3.05, 3.63) is 64.2 Å². The number of benzene rings is 2. The van der Waals surface area contributed by atoms with Crippen molar-refractivity contribution in [2.75, 3.05) is 21.1 Å². The normalized spacial score (nSPS) is 16.5. The van der Waals surface area contributed by atoms with Gasteiger partial charge in [0.05, 0.1) is 11.7 Å². The minimum Gasteiger partial charge on any atom is -0.490 e. The molecule has 0 bridgehead atoms. The van der Waals surface area contributed by atoms with Crippen LogP contribution >= 0.6 is 11.8 Å². The van der Waals surface area contributed by atoms with Gasteiger partial charge in [-0.3, -0.25) is 5.01 Å². The first kappa shape index (κ1) is 24.5. The van der Waals surface area contributed by atoms with Crippen LogP contribution in [0, 0.1) is 11.3 Å². The van der Waals surface area contributed by atoms with Crippen molar-refractivity contribution < 1.29 is 9.53 Å². The number of aryl methyl sites for hydroxylation is 1. The molecule has 1 atom stereocenters. The molecule has 2 aromatic rings. The molecule has 0 saturated carbocycles. The van der Waals surface area contributed by atoms with E-state index in [0.717, 1.165) is 17.0 Å². The Bertz CT molecular complexity index is 1090. The second-order valence-electron chi connectivity index (χ2n) is 8.51. The summed E-state index contributed by atoms with van der Waals surface area (Å²) < 4.78 is 5.74. The molecule has 1 heterocycles. The van der Waals surface area contributed by atoms with Crippen molar-refractivity contribution in [1.29, 1.82) is 5.26 Å². The number of fused-ring (bicyclic) bond motifs is 1. The molecule has 2 amide bonds. The lowest BCUT2D eigenvalue weighted by Gasteiger charge is -2.21. The maximum Gasteiger partial charge on any atom is 0.314 e. The van der Waals surface area contributed by atoms with Gasteiger partial charge in [-0.2, -0.15) is 10.4 Å². The number of nitrogens with two attached hydrogens (primary N) is 1. The summed E-state index contributed by atoms with van der Waals surface area (Å²) in [6, 6.07) is 14.2. The maximum absolute atomic E-state index is 9.85. The third-order valence-electron chi connectivity index (χ3n) is 5.41. The van der Waals surface area contributed by atoms with Crippen LogP contribution < -0.4 is 10.5 Å². The molecule has 4 rings (SSSR count). The van der Waals surface area contributed by atoms with E-state index in [0.29, 0.717) is 11.3 Å². The van der Waals surface area contributed by atoms with Crippen molar-refractivity contribution in [1.82, 2.24) is 9.91 Å². The second kappa shape index (κ2) is 10.6. The van der Waals surface area contributed by atoms with Crippen LogP contribution in [0.1, 0.15) is 53.5 Å². The number of carbonyl (C=O) groups excluding carboxylic acids is 1. The highest BCUT2D eigenvalue weighted by Gasteiger charge is 2.30. The molecule has 2 N–H and O–H groups in total. The van der Waals surface area contributed by atoms with Crippen LogP contribution in [0.5, 0.6) is 5.75 Å². The van der Waals surface area contributed by atoms with Crippen LogP contribution in [-0.2, 0) is 12.8 Å². The van der Waals surface area contributed by atoms with Crippen molar-refractivity contribution in [2.45, 2.75) is 44.6 Å². The molecule has 33 heavy (non-hydrogen) atoms. The quantitative estimate of drug-likeness (QED) is 0.717. The zero-order valence-corrected chi connectivity index (χ0v) is 20.6. The van der Waals surface area contributed by atoms with Gasteiger partial charge in [0.2, 0.25) is 0 Å². The number of hydrogen-bond donors (Lipinski definition) is 1. The number of primary amides is 1. The summed E-state index contributed by atoms with van der Waals surface area (Å²) in [6.07, 6.45) is 3.62. The number of hydrogen-bond acceptors (Lipinski definition) is 6. The fraction of sp³-hybridized carbons (Fsp3) is 0.400. The van der Waals surface area contributed by atoms with Gasteiger partial charge in [0.15, 0.2) is 0 Å². The topological polar surface area (TPSA) is 94.9 Å². The van der Waals surface area contributed by atoms with Crippen molar-refractivity contribution in [3.63, 3.8) is 0 Å². The van der Waals surface area contributed by atoms with Crippen molar-refractivity contribution in [3.8, 4) is 11.8 Å². The fourth-order valence-electron chi connectivity index (χ4n) is 3.78. The predicted octanol–water partition coefficient (Wildman–Crippen LogP) is 4.50. The Hall–Kier alpha value is -3.18. The monoisotopic (exact) mass is 465 g/mol. The number of thioether (sulfide) groups is 1. The zero-order chi connectivity index (χ0) is 24.1. The molecule has 1 aliphatic heterocycles. The molecule has 2 aromatic carbocycles. The molecular formula is C25H31N5O2S. The average Bonchev–Trinajstić information content (AvgIpc) is 3.40. The van der Waals surface area contributed by atoms with Crippen LogP contribution in [0.25, 0.3) is 0 Å². The minimum absolute atomic E-state index is 0.0387. The van der Waals surface area contributed by atoms with E-state index >= 15 is 0 Å². The summed E-state index contributed by atoms with van der Waals surface area (Å²) in [5, 5.41) is 17.4. The maximum atomic E-state index is 9.85. The molecule has 174 valence electrons. The van der Waals surface area contributed by atoms with E-state index < -0.39 is 6.03 Å². The molecule has 0 saturated heterocycles. The molecule has 8 heteroatoms. The SMILES string of the molecule is CC(C)Oc1ccc(C2=NN(C)C(c3cccc4c3CCC4)S2)cc1C#N.CN(C)C(N)=O. The lowest BCUT2D eigenvalue weighted by molar-refractivity contribution is 0.227. The van der Waals surface area contributed by atoms with E-state index in [1.165, 1.54) is 34.4 Å². The van der Waals surface area contributed by atoms with Gasteiger partial charge in [-0.1, -0.05) is 30.0 Å². The van der Waals surface area contributed by atoms with E-state index in [9.17, 15) is 10.1 Å². The summed E-state index contributed by atoms with van der Waals surface area (Å²) in [4.78, 5) is 11.2. The Morgan fingerprint density at radius 1 is 1.30 bits per heavy atom. The molecule has 0 spiro atoms. The smallest absolute Gasteiger partial charge is 0.314 e. The second-order valence-corrected chi connectivity index (χ2v) is 9.58. The third-order valence-corrected chi connectivity index (χ3v) is 6.73. The number of nitrogens with zero attached hydrogens (tertiary/aromatic N) is 4. The zero-order valence-electron chi connectivity index (χ0n) is 19.8. The number of amides is 2. The average molecular weight is 466 g/mol. The first-order chi connectivity index (χ1) is 15.7. The largest absolute Gasteiger partial charge is 0.490 e. The standard InChI is InChI=1S/C22H23N3OS.C3H8N2O/c1-14(2)26-20-11-10-16(12-17(20)13-23)21-24-25(3)22(27-21)19-9-5-7-15-6-4-8-18(15)19;1-5(2)3(4)6/h5,7,9-12,14,22H,4,6,8H2,1-3H3;1-2H3,(H2,4,6). The summed E-state index contributed by atoms with van der Waals surface area (Å²) in [5.41, 5.74) is 10.6. The van der Waals surface area contributed by atoms with Crippen molar-refractivity contribution in [2.24, 2.45) is 10.8 Å². The summed E-state index contributed by atoms with van der Waals surface area (Å²) in [6.45, 7) is 3.92. The van der Waals surface area contributed by atoms with E-state index in [-0.39, 0.29) is 11.5 Å². The van der Waals surface area contributed by atoms with E-state index in [1.807, 2.05) is 44.1 Å². The van der Waals surface area contributed by atoms with Gasteiger partial charge in [0, 0.05) is 26.7 Å². The van der Waals surface area contributed by atoms with E-state index in [4.69, 9.17) is 15.6 Å². The van der Waals surface area contributed by atoms with Crippen molar-refractivity contribution >= 4 is 22.8 Å². The number of carbonyl (C=O) groups is 1. The third kappa shape index (κ3) is 5.79. The molecule has 0 radical (unpaired) electrons. The molecular weight excluding hydrogens is 434 g/mol. The lowest BCUT2D eigenvalue weighted by atomic mass is 10.0. The van der Waals surface area contributed by atoms with Crippen LogP contribution in [0.2, 0.25) is 0 Å². The number of hydrazone groups is 1. The molecule has 1 unspecified atom stereocenters. The minimum atomic E-state index is -0.407. The van der Waals surface area contributed by atoms with Gasteiger partial charge in [-0.15, -0.1) is 0 Å². The fourth-order valence-corrected chi connectivity index (χ4v) is 4.98. The number of rotatable bonds is 4. The Labute approximate surface area is 200 Å². The van der Waals surface area contributed by atoms with Gasteiger partial charge in [-0.05, 0) is 68.0 Å². The number of nitriles is 1. The molecule has 1 aliphatic carbocycles. The summed E-state index contributed by atoms with van der Waals surface area (Å²) >= 11 is 1.76. The lowest BCUT2D eigenvalue weighted by Crippen LogP contribution is -2.27. The summed E-state index contributed by atoms with van der Waals surface area (Å²) in [7, 11) is 5.23. The Kier molecular flexibility index (Phi) is 7.88. The van der Waals surface area contributed by atoms with Crippen LogP contribution in [0.4, 0.5) is 4.79 Å². The Balaban J connectivity index is 0.000000454. The molecule has 0 fully saturated rings. The Morgan fingerprint density at radius 3 is 2.67 bits per heavy atom. The highest BCUT2D eigenvalue weighted by atomic mass is 32.2. The van der Waals surface area contributed by atoms with Gasteiger partial charge in [0.1, 0.15) is 22.2 Å². The van der Waals surface area contributed by atoms with Crippen LogP contribution in [0.15, 0.2) is 41.5 Å². The van der Waals surface area contributed by atoms with E-state index in [2.05, 4.69) is 24.3 Å². The molecule has 2 aliphatic rings. The summed E-state index contributed by atoms with van der Waals surface area (Å²) in [5.74, 6) is 0.630. The van der Waals surface area contributed by atoms with E-state index in [1.54, 1.807) is 25.9 Å². The van der Waals surface area contributed by atoms with Gasteiger partial charge >= 0.3 is 6.03 Å². The van der Waals surface area contributed by atoms with Gasteiger partial charge in [0.25, 0.3) is 0 Å². The molecule has 7 nitrogen and oxygen atoms in total. The molecule has 0 aromatic heterocycles. The first-order valence-corrected chi connectivity index (χ1v) is 11.9. The first-order valence-electron chi connectivity index (χ1n) is 11.0. The highest BCUT2D eigenvalue weighted by Crippen LogP contribution is 2.43.